The molecule has 0 aliphatic rings. The Morgan fingerprint density at radius 2 is 0.933 bits per heavy atom. The van der Waals surface area contributed by atoms with Crippen LogP contribution in [0.1, 0.15) is 101 Å². The van der Waals surface area contributed by atoms with E-state index in [0.717, 1.165) is 12.8 Å². The van der Waals surface area contributed by atoms with Gasteiger partial charge in [-0.25, -0.2) is 0 Å². The molecule has 0 radical (unpaired) electrons. The van der Waals surface area contributed by atoms with E-state index in [1.165, 1.54) is 71.9 Å². The van der Waals surface area contributed by atoms with Gasteiger partial charge in [-0.3, -0.25) is 0 Å². The minimum Gasteiger partial charge on any atom is -0.0839 e. The van der Waals surface area contributed by atoms with Crippen LogP contribution < -0.4 is 0 Å². The monoisotopic (exact) mass is 400 g/mol. The van der Waals surface area contributed by atoms with Crippen LogP contribution in [-0.2, 0) is 0 Å². The van der Waals surface area contributed by atoms with E-state index in [0.29, 0.717) is 0 Å². The summed E-state index contributed by atoms with van der Waals surface area (Å²) in [7, 11) is 0. The van der Waals surface area contributed by atoms with Gasteiger partial charge in [-0.1, -0.05) is 126 Å². The third-order valence-electron chi connectivity index (χ3n) is 5.66. The summed E-state index contributed by atoms with van der Waals surface area (Å²) >= 11 is 0. The van der Waals surface area contributed by atoms with Crippen LogP contribution in [0.5, 0.6) is 0 Å². The van der Waals surface area contributed by atoms with E-state index in [-0.39, 0.29) is 0 Å². The van der Waals surface area contributed by atoms with E-state index >= 15 is 0 Å². The van der Waals surface area contributed by atoms with Crippen LogP contribution in [0.3, 0.4) is 0 Å². The molecule has 2 aromatic carbocycles. The lowest BCUT2D eigenvalue weighted by atomic mass is 9.90. The molecule has 0 bridgehead atoms. The number of rotatable bonds is 12. The first kappa shape index (κ1) is 23.9. The van der Waals surface area contributed by atoms with Crippen molar-refractivity contribution in [2.24, 2.45) is 0 Å². The van der Waals surface area contributed by atoms with Crippen molar-refractivity contribution in [1.29, 1.82) is 0 Å². The van der Waals surface area contributed by atoms with Crippen molar-refractivity contribution in [3.05, 3.63) is 82.9 Å². The van der Waals surface area contributed by atoms with Crippen molar-refractivity contribution in [2.45, 2.75) is 79.1 Å². The minimum atomic E-state index is 1.05. The average Bonchev–Trinajstić information content (AvgIpc) is 2.79. The van der Waals surface area contributed by atoms with Crippen molar-refractivity contribution < 1.29 is 0 Å². The summed E-state index contributed by atoms with van der Waals surface area (Å²) < 4.78 is 0. The van der Waals surface area contributed by atoms with E-state index < -0.39 is 0 Å². The van der Waals surface area contributed by atoms with Gasteiger partial charge in [0.1, 0.15) is 0 Å². The molecular formula is C30H40. The van der Waals surface area contributed by atoms with Crippen LogP contribution in [-0.4, -0.2) is 0 Å². The summed E-state index contributed by atoms with van der Waals surface area (Å²) in [6.07, 6.45) is 18.6. The highest BCUT2D eigenvalue weighted by molar-refractivity contribution is 5.91. The normalized spacial score (nSPS) is 12.7. The molecule has 0 aliphatic carbocycles. The maximum absolute atomic E-state index is 2.30. The molecule has 0 atom stereocenters. The Labute approximate surface area is 185 Å². The summed E-state index contributed by atoms with van der Waals surface area (Å²) in [5, 5.41) is 0. The fourth-order valence-corrected chi connectivity index (χ4v) is 3.86. The minimum absolute atomic E-state index is 1.05. The Morgan fingerprint density at radius 1 is 0.567 bits per heavy atom. The summed E-state index contributed by atoms with van der Waals surface area (Å²) in [6.45, 7) is 9.03. The smallest absolute Gasteiger partial charge is 0.0221 e. The lowest BCUT2D eigenvalue weighted by Gasteiger charge is -2.15. The highest BCUT2D eigenvalue weighted by Gasteiger charge is 2.09. The number of hydrogen-bond acceptors (Lipinski definition) is 0. The van der Waals surface area contributed by atoms with E-state index in [1.807, 2.05) is 0 Å². The Bertz CT molecular complexity index is 742. The average molecular weight is 401 g/mol. The molecule has 0 fully saturated rings. The van der Waals surface area contributed by atoms with Gasteiger partial charge in [0.2, 0.25) is 0 Å². The highest BCUT2D eigenvalue weighted by Crippen LogP contribution is 2.32. The van der Waals surface area contributed by atoms with E-state index in [2.05, 4.69) is 101 Å². The molecule has 0 heterocycles. The zero-order valence-electron chi connectivity index (χ0n) is 19.6. The Morgan fingerprint density at radius 3 is 1.23 bits per heavy atom. The molecule has 2 rings (SSSR count). The van der Waals surface area contributed by atoms with Crippen LogP contribution in [0.25, 0.3) is 23.3 Å². The van der Waals surface area contributed by atoms with Crippen molar-refractivity contribution in [1.82, 2.24) is 0 Å². The van der Waals surface area contributed by atoms with Gasteiger partial charge in [0, 0.05) is 0 Å². The van der Waals surface area contributed by atoms with Gasteiger partial charge in [0.25, 0.3) is 0 Å². The molecule has 0 spiro atoms. The van der Waals surface area contributed by atoms with Gasteiger partial charge >= 0.3 is 0 Å². The van der Waals surface area contributed by atoms with E-state index in [4.69, 9.17) is 0 Å². The standard InChI is InChI=1S/C30H40/c1-5-9-11-13-15-25-17-21-27(22-18-25)29(7-3)30(8-4)28-23-19-26(20-24-28)16-14-12-10-6-2/h13-24H,5-12H2,1-4H3/b15-13+,16-14+,30-29+. The third-order valence-corrected chi connectivity index (χ3v) is 5.66. The molecule has 0 nitrogen and oxygen atoms in total. The zero-order chi connectivity index (χ0) is 21.6. The Kier molecular flexibility index (Phi) is 11.0. The van der Waals surface area contributed by atoms with Crippen molar-refractivity contribution in [3.63, 3.8) is 0 Å². The maximum Gasteiger partial charge on any atom is -0.0221 e. The largest absolute Gasteiger partial charge is 0.0839 e. The van der Waals surface area contributed by atoms with Crippen molar-refractivity contribution >= 4 is 23.3 Å². The van der Waals surface area contributed by atoms with Crippen LogP contribution in [0.15, 0.2) is 60.7 Å². The van der Waals surface area contributed by atoms with E-state index in [9.17, 15) is 0 Å². The molecule has 0 unspecified atom stereocenters. The van der Waals surface area contributed by atoms with Crippen molar-refractivity contribution in [3.8, 4) is 0 Å². The zero-order valence-corrected chi connectivity index (χ0v) is 19.6. The molecule has 0 saturated carbocycles. The predicted molar refractivity (Wildman–Crippen MR) is 137 cm³/mol. The van der Waals surface area contributed by atoms with Gasteiger partial charge < -0.3 is 0 Å². The lowest BCUT2D eigenvalue weighted by molar-refractivity contribution is 0.816. The molecule has 0 N–H and O–H groups in total. The second-order valence-electron chi connectivity index (χ2n) is 8.00. The number of allylic oxidation sites excluding steroid dienone is 4. The summed E-state index contributed by atoms with van der Waals surface area (Å²) in [5.74, 6) is 0. The highest BCUT2D eigenvalue weighted by atomic mass is 14.1. The molecule has 0 amide bonds. The van der Waals surface area contributed by atoms with Crippen LogP contribution in [0.4, 0.5) is 0 Å². The van der Waals surface area contributed by atoms with E-state index in [1.54, 1.807) is 0 Å². The summed E-state index contributed by atoms with van der Waals surface area (Å²) in [4.78, 5) is 0. The molecule has 0 aromatic heterocycles. The van der Waals surface area contributed by atoms with Gasteiger partial charge in [0.05, 0.1) is 0 Å². The van der Waals surface area contributed by atoms with Crippen LogP contribution in [0, 0.1) is 0 Å². The SMILES string of the molecule is CCCC/C=C/c1ccc(/C(CC)=C(\CC)c2ccc(/C=C/CCCC)cc2)cc1. The first-order valence-electron chi connectivity index (χ1n) is 12.0. The Hall–Kier alpha value is -2.34. The predicted octanol–water partition coefficient (Wildman–Crippen LogP) is 9.82. The molecule has 0 aliphatic heterocycles. The molecule has 0 saturated heterocycles. The quantitative estimate of drug-likeness (QED) is 0.245. The first-order chi connectivity index (χ1) is 14.7. The fourth-order valence-electron chi connectivity index (χ4n) is 3.86. The maximum atomic E-state index is 2.30. The van der Waals surface area contributed by atoms with Crippen molar-refractivity contribution in [2.75, 3.05) is 0 Å². The molecule has 160 valence electrons. The number of benzene rings is 2. The topological polar surface area (TPSA) is 0 Å². The van der Waals surface area contributed by atoms with Crippen LogP contribution in [0.2, 0.25) is 0 Å². The summed E-state index contributed by atoms with van der Waals surface area (Å²) in [6, 6.07) is 18.2. The fraction of sp³-hybridized carbons (Fsp3) is 0.400. The Balaban J connectivity index is 2.20. The number of hydrogen-bond donors (Lipinski definition) is 0. The van der Waals surface area contributed by atoms with Gasteiger partial charge in [-0.2, -0.15) is 0 Å². The lowest BCUT2D eigenvalue weighted by Crippen LogP contribution is -1.92. The third kappa shape index (κ3) is 7.48. The molecule has 0 heteroatoms. The summed E-state index contributed by atoms with van der Waals surface area (Å²) in [5.41, 5.74) is 8.22. The van der Waals surface area contributed by atoms with Gasteiger partial charge in [0.15, 0.2) is 0 Å². The second-order valence-corrected chi connectivity index (χ2v) is 8.00. The van der Waals surface area contributed by atoms with Gasteiger partial charge in [-0.15, -0.1) is 0 Å². The van der Waals surface area contributed by atoms with Crippen LogP contribution >= 0.6 is 0 Å². The molecule has 30 heavy (non-hydrogen) atoms. The van der Waals surface area contributed by atoms with Gasteiger partial charge in [-0.05, 0) is 59.1 Å². The molecule has 2 aromatic rings. The number of unbranched alkanes of at least 4 members (excludes halogenated alkanes) is 4. The molecular weight excluding hydrogens is 360 g/mol. The first-order valence-corrected chi connectivity index (χ1v) is 12.0. The second kappa shape index (κ2) is 13.8.